The van der Waals surface area contributed by atoms with Gasteiger partial charge in [-0.2, -0.15) is 0 Å². The van der Waals surface area contributed by atoms with Crippen molar-refractivity contribution in [3.05, 3.63) is 12.2 Å². The van der Waals surface area contributed by atoms with Crippen molar-refractivity contribution in [1.29, 1.82) is 0 Å². The maximum Gasteiger partial charge on any atom is 0.314 e. The van der Waals surface area contributed by atoms with E-state index in [0.717, 1.165) is 0 Å². The molecule has 0 radical (unpaired) electrons. The molecule has 35 heteroatoms. The third-order valence-electron chi connectivity index (χ3n) is 24.5. The Bertz CT molecular complexity index is 2700. The molecule has 5 saturated carbocycles. The maximum atomic E-state index is 15.7. The van der Waals surface area contributed by atoms with Gasteiger partial charge in [0.2, 0.25) is 6.29 Å². The highest BCUT2D eigenvalue weighted by Crippen LogP contribution is 2.74. The first-order valence-corrected chi connectivity index (χ1v) is 34.5. The fourth-order valence-electron chi connectivity index (χ4n) is 18.9. The molecule has 11 rings (SSSR count). The Hall–Kier alpha value is -2.11. The van der Waals surface area contributed by atoms with Crippen LogP contribution in [0.4, 0.5) is 0 Å². The summed E-state index contributed by atoms with van der Waals surface area (Å²) in [6.45, 7) is 4.85. The molecule has 5 aliphatic carbocycles. The van der Waals surface area contributed by atoms with Crippen LogP contribution in [0, 0.1) is 39.9 Å². The summed E-state index contributed by atoms with van der Waals surface area (Å²) in [5.74, 6) is -3.88. The summed E-state index contributed by atoms with van der Waals surface area (Å²) in [4.78, 5) is 15.7. The molecule has 11 fully saturated rings. The zero-order valence-electron chi connectivity index (χ0n) is 55.2. The van der Waals surface area contributed by atoms with Crippen LogP contribution in [0.1, 0.15) is 91.4 Å². The fraction of sp³-hybridized carbons (Fsp3) is 0.953. The highest BCUT2D eigenvalue weighted by atomic mass is 16.8. The molecule has 1 spiro atoms. The molecule has 6 aliphatic heterocycles. The second-order valence-corrected chi connectivity index (χ2v) is 30.2. The molecular weight excluding hydrogens is 1330 g/mol. The first-order valence-electron chi connectivity index (χ1n) is 34.5. The number of esters is 1. The van der Waals surface area contributed by atoms with Gasteiger partial charge in [-0.25, -0.2) is 0 Å². The van der Waals surface area contributed by atoms with Crippen LogP contribution in [0.3, 0.4) is 0 Å². The number of ether oxygens (including phenoxy) is 12. The molecule has 2 bridgehead atoms. The van der Waals surface area contributed by atoms with Gasteiger partial charge >= 0.3 is 5.97 Å². The van der Waals surface area contributed by atoms with E-state index in [0.29, 0.717) is 44.1 Å². The van der Waals surface area contributed by atoms with Crippen LogP contribution in [-0.4, -0.2) is 366 Å². The quantitative estimate of drug-likeness (QED) is 0.0306. The van der Waals surface area contributed by atoms with Gasteiger partial charge in [-0.15, -0.1) is 0 Å². The lowest BCUT2D eigenvalue weighted by Crippen LogP contribution is -2.68. The van der Waals surface area contributed by atoms with Crippen LogP contribution < -0.4 is 0 Å². The van der Waals surface area contributed by atoms with Crippen LogP contribution in [0.15, 0.2) is 12.2 Å². The topological polar surface area (TPSA) is 573 Å². The Kier molecular flexibility index (Phi) is 24.1. The number of rotatable bonds is 20. The van der Waals surface area contributed by atoms with Crippen LogP contribution in [-0.2, 0) is 61.6 Å². The van der Waals surface area contributed by atoms with E-state index in [1.54, 1.807) is 6.92 Å². The minimum absolute atomic E-state index is 0.163. The van der Waals surface area contributed by atoms with Gasteiger partial charge in [0.05, 0.1) is 74.6 Å². The van der Waals surface area contributed by atoms with Crippen molar-refractivity contribution in [2.24, 2.45) is 39.9 Å². The summed E-state index contributed by atoms with van der Waals surface area (Å²) in [6.07, 6.45) is -55.1. The summed E-state index contributed by atoms with van der Waals surface area (Å²) >= 11 is 0. The number of carbonyl (C=O) groups is 1. The summed E-state index contributed by atoms with van der Waals surface area (Å²) in [5, 5.41) is 240. The molecule has 22 N–H and O–H groups in total. The van der Waals surface area contributed by atoms with Gasteiger partial charge in [0.1, 0.15) is 140 Å². The Labute approximate surface area is 569 Å². The van der Waals surface area contributed by atoms with Gasteiger partial charge in [0, 0.05) is 18.4 Å². The molecule has 0 amide bonds. The van der Waals surface area contributed by atoms with Crippen LogP contribution in [0.25, 0.3) is 0 Å². The number of hydrogen-bond acceptors (Lipinski definition) is 35. The van der Waals surface area contributed by atoms with Gasteiger partial charge in [0.15, 0.2) is 25.2 Å². The number of aliphatic hydroxyl groups excluding tert-OH is 22. The summed E-state index contributed by atoms with van der Waals surface area (Å²) < 4.78 is 74.7. The molecule has 0 aromatic carbocycles. The Morgan fingerprint density at radius 2 is 0.949 bits per heavy atom. The highest BCUT2D eigenvalue weighted by Gasteiger charge is 2.70. The van der Waals surface area contributed by atoms with Crippen LogP contribution in [0.5, 0.6) is 0 Å². The van der Waals surface area contributed by atoms with Gasteiger partial charge in [-0.05, 0) is 106 Å². The van der Waals surface area contributed by atoms with E-state index in [9.17, 15) is 112 Å². The minimum Gasteiger partial charge on any atom is -0.432 e. The zero-order valence-corrected chi connectivity index (χ0v) is 55.2. The first kappa shape index (κ1) is 78.0. The second kappa shape index (κ2) is 30.6. The third-order valence-corrected chi connectivity index (χ3v) is 24.5. The van der Waals surface area contributed by atoms with E-state index >= 15 is 4.79 Å². The van der Waals surface area contributed by atoms with Crippen LogP contribution in [0.2, 0.25) is 0 Å². The largest absolute Gasteiger partial charge is 0.432 e. The van der Waals surface area contributed by atoms with E-state index in [2.05, 4.69) is 13.5 Å². The average Bonchev–Trinajstić information content (AvgIpc) is 1.58. The molecule has 11 aliphatic rings. The summed E-state index contributed by atoms with van der Waals surface area (Å²) in [6, 6.07) is 0. The molecule has 570 valence electrons. The molecule has 35 unspecified atom stereocenters. The number of aliphatic hydroxyl groups is 22. The molecule has 6 saturated heterocycles. The lowest BCUT2D eigenvalue weighted by atomic mass is 9.41. The van der Waals surface area contributed by atoms with Crippen molar-refractivity contribution in [2.75, 3.05) is 39.6 Å². The number of hydrogen-bond donors (Lipinski definition) is 22. The minimum atomic E-state index is -2.03. The second-order valence-electron chi connectivity index (χ2n) is 30.2. The molecular formula is C64H104O35. The smallest absolute Gasteiger partial charge is 0.314 e. The van der Waals surface area contributed by atoms with Crippen molar-refractivity contribution < 1.29 is 174 Å². The predicted octanol–water partition coefficient (Wildman–Crippen LogP) is -9.29. The van der Waals surface area contributed by atoms with E-state index in [1.165, 1.54) is 6.92 Å². The van der Waals surface area contributed by atoms with Crippen molar-refractivity contribution in [3.8, 4) is 0 Å². The van der Waals surface area contributed by atoms with E-state index < -0.39 is 294 Å². The SMILES string of the molecule is C=C1C[C@@]23CC[C@H]4[C@@](C)(CCC[C@@]4(C)C(=O)OC4OC(CO)C(O)C(CC5OC(CO)C(O)C(O)C5O)C4OC4OC(C)C(O)C(OC5CC(CO)C(O)C(O)C5O)C4O)[C@@H]2CC[C@]1(OC1OC(CO)C(O)C(OC2OC(CO)C(O)C(O)C2O)C1OC1OC(CO)C(O)C(O)C1O)C3. The van der Waals surface area contributed by atoms with Gasteiger partial charge in [-0.1, -0.05) is 19.9 Å². The first-order chi connectivity index (χ1) is 46.8. The van der Waals surface area contributed by atoms with Gasteiger partial charge < -0.3 is 169 Å². The fourth-order valence-corrected chi connectivity index (χ4v) is 18.9. The normalized spacial score (nSPS) is 54.9. The Balaban J connectivity index is 0.867. The molecule has 41 atom stereocenters. The molecule has 35 nitrogen and oxygen atoms in total. The van der Waals surface area contributed by atoms with E-state index in [-0.39, 0.29) is 31.6 Å². The lowest BCUT2D eigenvalue weighted by molar-refractivity contribution is -0.400. The molecule has 6 heterocycles. The summed E-state index contributed by atoms with van der Waals surface area (Å²) in [5.41, 5.74) is -3.27. The average molecular weight is 1430 g/mol. The highest BCUT2D eigenvalue weighted by molar-refractivity contribution is 5.77. The maximum absolute atomic E-state index is 15.7. The molecule has 99 heavy (non-hydrogen) atoms. The predicted molar refractivity (Wildman–Crippen MR) is 322 cm³/mol. The zero-order chi connectivity index (χ0) is 72.0. The van der Waals surface area contributed by atoms with Gasteiger partial charge in [-0.3, -0.25) is 4.79 Å². The van der Waals surface area contributed by atoms with Crippen molar-refractivity contribution in [3.63, 3.8) is 0 Å². The van der Waals surface area contributed by atoms with Gasteiger partial charge in [0.25, 0.3) is 0 Å². The van der Waals surface area contributed by atoms with E-state index in [1.807, 2.05) is 0 Å². The van der Waals surface area contributed by atoms with Crippen LogP contribution >= 0.6 is 0 Å². The van der Waals surface area contributed by atoms with Crippen molar-refractivity contribution in [1.82, 2.24) is 0 Å². The number of fused-ring (bicyclic) bond motifs is 3. The Morgan fingerprint density at radius 1 is 0.455 bits per heavy atom. The Morgan fingerprint density at radius 3 is 1.55 bits per heavy atom. The summed E-state index contributed by atoms with van der Waals surface area (Å²) in [7, 11) is 0. The standard InChI is InChI=1S/C64H104O35/c1-22-14-63-10-6-33-61(3,34(63)7-11-64(22,21-63)99-59-54(97-56-49(85)47(83)42(78)31(19-69)92-56)53(43(79)32(20-70)94-59)96-55-48(84)46(82)41(77)30(18-68)91-55)8-5-9-62(33,4)60(87)98-58-51(25(37(73)28(16-66)93-58)13-27-39(75)45(81)40(76)29(17-67)89-27)95-57-50(86)52(35(71)23(2)88-57)90-26-12-24(15-65)36(72)44(80)38(26)74/h23-59,65-86H,1,5-21H2,2-4H3/t23?,24?,25?,26?,27?,28?,29?,30?,31?,32?,33-,34-,35?,36?,37?,38?,39?,40?,41?,42?,43?,44?,45?,46?,47?,48?,49?,50?,51?,52?,53?,54?,55?,56?,57?,58?,59?,61+,62+,63+,64-/m0/s1. The monoisotopic (exact) mass is 1430 g/mol. The number of carbonyl (C=O) groups excluding carboxylic acids is 1. The molecule has 0 aromatic heterocycles. The van der Waals surface area contributed by atoms with Crippen molar-refractivity contribution >= 4 is 5.97 Å². The lowest BCUT2D eigenvalue weighted by Gasteiger charge is -2.64. The van der Waals surface area contributed by atoms with E-state index in [4.69, 9.17) is 56.8 Å². The van der Waals surface area contributed by atoms with Crippen molar-refractivity contribution in [2.45, 2.75) is 299 Å². The third kappa shape index (κ3) is 14.0. The molecule has 0 aromatic rings.